The van der Waals surface area contributed by atoms with E-state index in [2.05, 4.69) is 19.2 Å². The minimum absolute atomic E-state index is 0.481. The van der Waals surface area contributed by atoms with Crippen molar-refractivity contribution in [3.05, 3.63) is 0 Å². The molecule has 0 aliphatic carbocycles. The quantitative estimate of drug-likeness (QED) is 0.592. The molecule has 0 aromatic carbocycles. The van der Waals surface area contributed by atoms with E-state index in [4.69, 9.17) is 4.74 Å². The summed E-state index contributed by atoms with van der Waals surface area (Å²) in [5.41, 5.74) is 0.505. The van der Waals surface area contributed by atoms with Gasteiger partial charge in [-0.1, -0.05) is 6.92 Å². The Bertz CT molecular complexity index is 171. The van der Waals surface area contributed by atoms with Gasteiger partial charge in [-0.15, -0.1) is 0 Å². The van der Waals surface area contributed by atoms with Crippen molar-refractivity contribution in [2.24, 2.45) is 11.3 Å². The molecule has 2 saturated heterocycles. The largest absolute Gasteiger partial charge is 0.378 e. The van der Waals surface area contributed by atoms with Crippen LogP contribution in [0.5, 0.6) is 0 Å². The predicted molar refractivity (Wildman–Crippen MR) is 49.1 cm³/mol. The topological polar surface area (TPSA) is 21.3 Å². The summed E-state index contributed by atoms with van der Waals surface area (Å²) < 4.78 is 5.69. The number of piperidine rings is 1. The second kappa shape index (κ2) is 3.00. The summed E-state index contributed by atoms with van der Waals surface area (Å²) in [5.74, 6) is 0.781. The van der Waals surface area contributed by atoms with Gasteiger partial charge in [0.15, 0.2) is 0 Å². The van der Waals surface area contributed by atoms with Crippen LogP contribution in [0.1, 0.15) is 26.7 Å². The summed E-state index contributed by atoms with van der Waals surface area (Å²) in [7, 11) is 0. The van der Waals surface area contributed by atoms with Gasteiger partial charge in [-0.3, -0.25) is 0 Å². The molecule has 0 aromatic heterocycles. The van der Waals surface area contributed by atoms with Crippen LogP contribution in [0.3, 0.4) is 0 Å². The van der Waals surface area contributed by atoms with Gasteiger partial charge in [0.1, 0.15) is 0 Å². The van der Waals surface area contributed by atoms with Crippen LogP contribution in [-0.4, -0.2) is 25.8 Å². The van der Waals surface area contributed by atoms with Crippen molar-refractivity contribution in [3.8, 4) is 0 Å². The molecule has 2 fully saturated rings. The molecule has 1 spiro atoms. The molecule has 0 amide bonds. The summed E-state index contributed by atoms with van der Waals surface area (Å²) in [5, 5.41) is 3.45. The number of hydrogen-bond acceptors (Lipinski definition) is 2. The first-order valence-corrected chi connectivity index (χ1v) is 5.08. The molecule has 2 rings (SSSR count). The monoisotopic (exact) mass is 169 g/mol. The minimum atomic E-state index is 0.481. The van der Waals surface area contributed by atoms with E-state index in [1.807, 2.05) is 0 Å². The van der Waals surface area contributed by atoms with Crippen LogP contribution in [0.15, 0.2) is 0 Å². The van der Waals surface area contributed by atoms with Gasteiger partial charge in [0.2, 0.25) is 0 Å². The molecule has 3 atom stereocenters. The molecular weight excluding hydrogens is 150 g/mol. The van der Waals surface area contributed by atoms with Gasteiger partial charge in [-0.25, -0.2) is 0 Å². The molecule has 0 saturated carbocycles. The Balaban J connectivity index is 2.15. The van der Waals surface area contributed by atoms with E-state index >= 15 is 0 Å². The lowest BCUT2D eigenvalue weighted by atomic mass is 9.67. The Morgan fingerprint density at radius 2 is 2.17 bits per heavy atom. The molecule has 2 heteroatoms. The second-order valence-corrected chi connectivity index (χ2v) is 4.35. The van der Waals surface area contributed by atoms with Gasteiger partial charge in [-0.2, -0.15) is 0 Å². The smallest absolute Gasteiger partial charge is 0.0607 e. The van der Waals surface area contributed by atoms with E-state index in [1.165, 1.54) is 25.9 Å². The molecule has 3 unspecified atom stereocenters. The van der Waals surface area contributed by atoms with Crippen LogP contribution in [0, 0.1) is 11.3 Å². The van der Waals surface area contributed by atoms with Crippen LogP contribution in [0.4, 0.5) is 0 Å². The number of nitrogens with one attached hydrogen (secondary N) is 1. The maximum atomic E-state index is 5.69. The van der Waals surface area contributed by atoms with Crippen molar-refractivity contribution in [2.75, 3.05) is 19.7 Å². The Kier molecular flexibility index (Phi) is 2.13. The second-order valence-electron chi connectivity index (χ2n) is 4.35. The van der Waals surface area contributed by atoms with Crippen molar-refractivity contribution in [3.63, 3.8) is 0 Å². The first-order chi connectivity index (χ1) is 5.76. The number of hydrogen-bond donors (Lipinski definition) is 1. The van der Waals surface area contributed by atoms with Gasteiger partial charge in [0.25, 0.3) is 0 Å². The van der Waals surface area contributed by atoms with Crippen molar-refractivity contribution < 1.29 is 4.74 Å². The van der Waals surface area contributed by atoms with Crippen LogP contribution in [0.2, 0.25) is 0 Å². The zero-order valence-electron chi connectivity index (χ0n) is 8.10. The fourth-order valence-electron chi connectivity index (χ4n) is 2.86. The average Bonchev–Trinajstić information content (AvgIpc) is 2.41. The van der Waals surface area contributed by atoms with Gasteiger partial charge in [-0.05, 0) is 38.8 Å². The molecule has 0 aromatic rings. The van der Waals surface area contributed by atoms with Crippen molar-refractivity contribution in [1.29, 1.82) is 0 Å². The zero-order valence-corrected chi connectivity index (χ0v) is 8.10. The molecule has 2 heterocycles. The minimum Gasteiger partial charge on any atom is -0.378 e. The molecule has 70 valence electrons. The summed E-state index contributed by atoms with van der Waals surface area (Å²) in [6.07, 6.45) is 3.06. The molecule has 2 nitrogen and oxygen atoms in total. The van der Waals surface area contributed by atoms with Crippen molar-refractivity contribution in [1.82, 2.24) is 5.32 Å². The van der Waals surface area contributed by atoms with E-state index in [0.29, 0.717) is 11.5 Å². The lowest BCUT2D eigenvalue weighted by molar-refractivity contribution is 0.0151. The van der Waals surface area contributed by atoms with E-state index in [1.54, 1.807) is 0 Å². The molecule has 2 aliphatic heterocycles. The molecular formula is C10H19NO. The molecule has 0 radical (unpaired) electrons. The Hall–Kier alpha value is -0.0800. The first kappa shape index (κ1) is 8.52. The summed E-state index contributed by atoms with van der Waals surface area (Å²) >= 11 is 0. The Morgan fingerprint density at radius 1 is 1.33 bits per heavy atom. The van der Waals surface area contributed by atoms with E-state index in [9.17, 15) is 0 Å². The predicted octanol–water partition coefficient (Wildman–Crippen LogP) is 1.41. The van der Waals surface area contributed by atoms with Crippen molar-refractivity contribution in [2.45, 2.75) is 32.8 Å². The highest BCUT2D eigenvalue weighted by molar-refractivity contribution is 4.96. The first-order valence-electron chi connectivity index (χ1n) is 5.08. The summed E-state index contributed by atoms with van der Waals surface area (Å²) in [6, 6.07) is 0. The summed E-state index contributed by atoms with van der Waals surface area (Å²) in [4.78, 5) is 0. The fourth-order valence-corrected chi connectivity index (χ4v) is 2.86. The number of rotatable bonds is 0. The normalized spacial score (nSPS) is 48.5. The third-order valence-corrected chi connectivity index (χ3v) is 3.94. The molecule has 1 N–H and O–H groups in total. The van der Waals surface area contributed by atoms with E-state index in [-0.39, 0.29) is 0 Å². The Morgan fingerprint density at radius 3 is 2.75 bits per heavy atom. The highest BCUT2D eigenvalue weighted by Gasteiger charge is 2.46. The van der Waals surface area contributed by atoms with Crippen LogP contribution >= 0.6 is 0 Å². The lowest BCUT2D eigenvalue weighted by Gasteiger charge is -2.42. The zero-order chi connectivity index (χ0) is 8.60. The maximum absolute atomic E-state index is 5.69. The van der Waals surface area contributed by atoms with Gasteiger partial charge in [0.05, 0.1) is 6.10 Å². The van der Waals surface area contributed by atoms with Crippen molar-refractivity contribution >= 4 is 0 Å². The van der Waals surface area contributed by atoms with Gasteiger partial charge < -0.3 is 10.1 Å². The standard InChI is InChI=1S/C10H19NO/c1-8-7-11-5-3-10(8)4-6-12-9(10)2/h8-9,11H,3-7H2,1-2H3. The van der Waals surface area contributed by atoms with Crippen LogP contribution in [0.25, 0.3) is 0 Å². The van der Waals surface area contributed by atoms with Gasteiger partial charge in [0, 0.05) is 12.0 Å². The van der Waals surface area contributed by atoms with Gasteiger partial charge >= 0.3 is 0 Å². The third-order valence-electron chi connectivity index (χ3n) is 3.94. The molecule has 2 aliphatic rings. The van der Waals surface area contributed by atoms with Crippen LogP contribution in [-0.2, 0) is 4.74 Å². The molecule has 12 heavy (non-hydrogen) atoms. The SMILES string of the molecule is CC1CNCCC12CCOC2C. The Labute approximate surface area is 74.7 Å². The van der Waals surface area contributed by atoms with Crippen LogP contribution < -0.4 is 5.32 Å². The number of ether oxygens (including phenoxy) is 1. The third kappa shape index (κ3) is 1.09. The molecule has 0 bridgehead atoms. The fraction of sp³-hybridized carbons (Fsp3) is 1.00. The van der Waals surface area contributed by atoms with E-state index in [0.717, 1.165) is 12.5 Å². The lowest BCUT2D eigenvalue weighted by Crippen LogP contribution is -2.47. The average molecular weight is 169 g/mol. The maximum Gasteiger partial charge on any atom is 0.0607 e. The summed E-state index contributed by atoms with van der Waals surface area (Å²) in [6.45, 7) is 7.93. The highest BCUT2D eigenvalue weighted by atomic mass is 16.5. The van der Waals surface area contributed by atoms with E-state index < -0.39 is 0 Å². The highest BCUT2D eigenvalue weighted by Crippen LogP contribution is 2.45.